The SMILES string of the molecule is Cc1c(C(=O)On2c(O)ccc2O)sc2ncnc(Nc3ccc(F)cc3OC3CCC(O)CC3)c12. The van der Waals surface area contributed by atoms with Gasteiger partial charge in [0.05, 0.1) is 23.3 Å². The zero-order valence-electron chi connectivity index (χ0n) is 19.1. The number of thiophene rings is 1. The van der Waals surface area contributed by atoms with Crippen molar-refractivity contribution in [3.63, 3.8) is 0 Å². The van der Waals surface area contributed by atoms with Crippen LogP contribution in [0.4, 0.5) is 15.9 Å². The number of hydrogen-bond donors (Lipinski definition) is 4. The van der Waals surface area contributed by atoms with E-state index in [1.54, 1.807) is 13.0 Å². The zero-order valence-corrected chi connectivity index (χ0v) is 20.0. The molecule has 5 rings (SSSR count). The number of aromatic hydroxyl groups is 2. The third-order valence-electron chi connectivity index (χ3n) is 6.02. The average molecular weight is 515 g/mol. The maximum absolute atomic E-state index is 14.1. The van der Waals surface area contributed by atoms with E-state index in [2.05, 4.69) is 15.3 Å². The van der Waals surface area contributed by atoms with E-state index in [0.717, 1.165) is 11.3 Å². The first kappa shape index (κ1) is 23.8. The Balaban J connectivity index is 1.44. The van der Waals surface area contributed by atoms with Gasteiger partial charge in [-0.2, -0.15) is 0 Å². The molecule has 1 fully saturated rings. The van der Waals surface area contributed by atoms with Crippen LogP contribution in [0.15, 0.2) is 36.7 Å². The summed E-state index contributed by atoms with van der Waals surface area (Å²) in [6, 6.07) is 6.52. The first-order chi connectivity index (χ1) is 17.3. The molecule has 3 heterocycles. The molecule has 4 N–H and O–H groups in total. The van der Waals surface area contributed by atoms with Crippen LogP contribution in [0, 0.1) is 12.7 Å². The molecule has 3 aromatic heterocycles. The Kier molecular flexibility index (Phi) is 6.37. The molecular weight excluding hydrogens is 491 g/mol. The summed E-state index contributed by atoms with van der Waals surface area (Å²) in [4.78, 5) is 27.2. The predicted molar refractivity (Wildman–Crippen MR) is 129 cm³/mol. The summed E-state index contributed by atoms with van der Waals surface area (Å²) in [5.41, 5.74) is 1.01. The van der Waals surface area contributed by atoms with Crippen LogP contribution in [-0.2, 0) is 0 Å². The lowest BCUT2D eigenvalue weighted by Crippen LogP contribution is -2.26. The van der Waals surface area contributed by atoms with Crippen molar-refractivity contribution >= 4 is 39.0 Å². The highest BCUT2D eigenvalue weighted by Crippen LogP contribution is 2.37. The smallest absolute Gasteiger partial charge is 0.374 e. The Morgan fingerprint density at radius 2 is 1.86 bits per heavy atom. The number of benzene rings is 1. The second-order valence-electron chi connectivity index (χ2n) is 8.50. The molecule has 0 bridgehead atoms. The second-order valence-corrected chi connectivity index (χ2v) is 9.49. The number of carbonyl (C=O) groups excluding carboxylic acids is 1. The second kappa shape index (κ2) is 9.63. The van der Waals surface area contributed by atoms with E-state index in [1.807, 2.05) is 0 Å². The minimum absolute atomic E-state index is 0.146. The van der Waals surface area contributed by atoms with Crippen molar-refractivity contribution in [1.82, 2.24) is 14.7 Å². The van der Waals surface area contributed by atoms with Crippen molar-refractivity contribution in [1.29, 1.82) is 0 Å². The van der Waals surface area contributed by atoms with E-state index in [9.17, 15) is 24.5 Å². The monoisotopic (exact) mass is 514 g/mol. The Labute approximate surface area is 208 Å². The fraction of sp³-hybridized carbons (Fsp3) is 0.292. The zero-order chi connectivity index (χ0) is 25.4. The van der Waals surface area contributed by atoms with Crippen LogP contribution in [-0.4, -0.2) is 48.2 Å². The fourth-order valence-electron chi connectivity index (χ4n) is 4.15. The predicted octanol–water partition coefficient (Wildman–Crippen LogP) is 4.05. The lowest BCUT2D eigenvalue weighted by atomic mass is 9.95. The number of ether oxygens (including phenoxy) is 1. The summed E-state index contributed by atoms with van der Waals surface area (Å²) in [6.45, 7) is 1.70. The molecule has 1 aliphatic carbocycles. The summed E-state index contributed by atoms with van der Waals surface area (Å²) in [6.07, 6.45) is 3.43. The van der Waals surface area contributed by atoms with E-state index in [-0.39, 0.29) is 17.1 Å². The molecule has 0 amide bonds. The molecule has 0 unspecified atom stereocenters. The Hall–Kier alpha value is -3.90. The molecule has 12 heteroatoms. The van der Waals surface area contributed by atoms with Gasteiger partial charge in [-0.25, -0.2) is 19.2 Å². The number of fused-ring (bicyclic) bond motifs is 1. The molecule has 1 saturated carbocycles. The summed E-state index contributed by atoms with van der Waals surface area (Å²) < 4.78 is 20.8. The third-order valence-corrected chi connectivity index (χ3v) is 7.20. The first-order valence-electron chi connectivity index (χ1n) is 11.3. The maximum atomic E-state index is 14.1. The number of anilines is 2. The van der Waals surface area contributed by atoms with Gasteiger partial charge < -0.3 is 30.2 Å². The molecule has 4 aromatic rings. The molecule has 10 nitrogen and oxygen atoms in total. The van der Waals surface area contributed by atoms with Crippen LogP contribution in [0.3, 0.4) is 0 Å². The fourth-order valence-corrected chi connectivity index (χ4v) is 5.17. The van der Waals surface area contributed by atoms with Gasteiger partial charge in [0.2, 0.25) is 11.8 Å². The molecular formula is C24H23FN4O6S. The Morgan fingerprint density at radius 1 is 1.14 bits per heavy atom. The number of aromatic nitrogens is 3. The molecule has 36 heavy (non-hydrogen) atoms. The maximum Gasteiger partial charge on any atom is 0.374 e. The van der Waals surface area contributed by atoms with Crippen LogP contribution >= 0.6 is 11.3 Å². The number of aryl methyl sites for hydroxylation is 1. The Bertz CT molecular complexity index is 1410. The van der Waals surface area contributed by atoms with Gasteiger partial charge in [0.25, 0.3) is 0 Å². The van der Waals surface area contributed by atoms with E-state index < -0.39 is 23.5 Å². The summed E-state index contributed by atoms with van der Waals surface area (Å²) >= 11 is 1.07. The number of aliphatic hydroxyl groups excluding tert-OH is 1. The van der Waals surface area contributed by atoms with Gasteiger partial charge in [-0.05, 0) is 50.3 Å². The number of aliphatic hydroxyl groups is 1. The lowest BCUT2D eigenvalue weighted by molar-refractivity contribution is 0.0386. The summed E-state index contributed by atoms with van der Waals surface area (Å²) in [7, 11) is 0. The molecule has 188 valence electrons. The van der Waals surface area contributed by atoms with Crippen molar-refractivity contribution in [2.24, 2.45) is 0 Å². The van der Waals surface area contributed by atoms with Gasteiger partial charge in [-0.1, -0.05) is 0 Å². The van der Waals surface area contributed by atoms with Gasteiger partial charge in [-0.15, -0.1) is 16.1 Å². The lowest BCUT2D eigenvalue weighted by Gasteiger charge is -2.27. The normalized spacial score (nSPS) is 17.8. The van der Waals surface area contributed by atoms with Gasteiger partial charge in [-0.3, -0.25) is 0 Å². The quantitative estimate of drug-likeness (QED) is 0.300. The van der Waals surface area contributed by atoms with Crippen LogP contribution in [0.5, 0.6) is 17.5 Å². The Morgan fingerprint density at radius 3 is 2.58 bits per heavy atom. The number of carbonyl (C=O) groups is 1. The van der Waals surface area contributed by atoms with Crippen molar-refractivity contribution in [2.75, 3.05) is 5.32 Å². The van der Waals surface area contributed by atoms with E-state index >= 15 is 0 Å². The minimum atomic E-state index is -0.798. The van der Waals surface area contributed by atoms with Gasteiger partial charge in [0, 0.05) is 18.2 Å². The number of nitrogens with zero attached hydrogens (tertiary/aromatic N) is 3. The van der Waals surface area contributed by atoms with Crippen molar-refractivity contribution in [3.8, 4) is 17.5 Å². The van der Waals surface area contributed by atoms with Crippen LogP contribution in [0.2, 0.25) is 0 Å². The van der Waals surface area contributed by atoms with Gasteiger partial charge in [0.1, 0.15) is 33.4 Å². The molecule has 0 aliphatic heterocycles. The topological polar surface area (TPSA) is 139 Å². The largest absolute Gasteiger partial charge is 0.492 e. The summed E-state index contributed by atoms with van der Waals surface area (Å²) in [5, 5.41) is 33.0. The highest BCUT2D eigenvalue weighted by Gasteiger charge is 2.25. The van der Waals surface area contributed by atoms with E-state index in [0.29, 0.717) is 63.4 Å². The molecule has 0 saturated heterocycles. The van der Waals surface area contributed by atoms with Crippen molar-refractivity contribution < 1.29 is 34.1 Å². The van der Waals surface area contributed by atoms with E-state index in [4.69, 9.17) is 9.57 Å². The van der Waals surface area contributed by atoms with Crippen molar-refractivity contribution in [2.45, 2.75) is 44.8 Å². The minimum Gasteiger partial charge on any atom is -0.492 e. The van der Waals surface area contributed by atoms with Crippen LogP contribution in [0.1, 0.15) is 40.9 Å². The highest BCUT2D eigenvalue weighted by atomic mass is 32.1. The third kappa shape index (κ3) is 4.64. The molecule has 1 aliphatic rings. The number of hydrogen-bond acceptors (Lipinski definition) is 10. The first-order valence-corrected chi connectivity index (χ1v) is 12.1. The number of halogens is 1. The highest BCUT2D eigenvalue weighted by molar-refractivity contribution is 7.20. The van der Waals surface area contributed by atoms with Crippen LogP contribution < -0.4 is 14.9 Å². The molecule has 1 aromatic carbocycles. The van der Waals surface area contributed by atoms with Crippen LogP contribution in [0.25, 0.3) is 10.2 Å². The van der Waals surface area contributed by atoms with E-state index in [1.165, 1.54) is 30.6 Å². The number of nitrogens with one attached hydrogen (secondary N) is 1. The molecule has 0 spiro atoms. The molecule has 0 atom stereocenters. The van der Waals surface area contributed by atoms with Crippen molar-refractivity contribution in [3.05, 3.63) is 52.9 Å². The average Bonchev–Trinajstić information content (AvgIpc) is 3.36. The van der Waals surface area contributed by atoms with Gasteiger partial charge >= 0.3 is 5.97 Å². The number of rotatable bonds is 6. The standard InChI is InChI=1S/C24H23FN4O6S/c1-12-20-22(28-16-7-2-13(25)10-17(16)34-15-5-3-14(30)4-6-15)26-11-27-23(20)36-21(12)24(33)35-29-18(31)8-9-19(29)32/h2,7-11,14-15,30-32H,3-6H2,1H3,(H,26,27,28). The molecule has 0 radical (unpaired) electrons. The summed E-state index contributed by atoms with van der Waals surface area (Å²) in [5.74, 6) is -1.42. The van der Waals surface area contributed by atoms with Gasteiger partial charge in [0.15, 0.2) is 0 Å².